The minimum absolute atomic E-state index is 0.0314. The number of hydrogen-bond acceptors (Lipinski definition) is 2. The highest BCUT2D eigenvalue weighted by Gasteiger charge is 2.55. The number of hydrogen-bond donors (Lipinski definition) is 2. The van der Waals surface area contributed by atoms with E-state index in [4.69, 9.17) is 0 Å². The Kier molecular flexibility index (Phi) is 3.93. The van der Waals surface area contributed by atoms with Crippen LogP contribution in [0.5, 0.6) is 0 Å². The maximum absolute atomic E-state index is 13.0. The summed E-state index contributed by atoms with van der Waals surface area (Å²) in [5.41, 5.74) is 3.57. The number of rotatable bonds is 3. The summed E-state index contributed by atoms with van der Waals surface area (Å²) in [5.74, 6) is 2.12. The van der Waals surface area contributed by atoms with Crippen LogP contribution in [0, 0.1) is 11.3 Å². The van der Waals surface area contributed by atoms with Gasteiger partial charge in [-0.15, -0.1) is 0 Å². The third-order valence-electron chi connectivity index (χ3n) is 7.73. The van der Waals surface area contributed by atoms with Crippen LogP contribution in [0.25, 0.3) is 0 Å². The number of piperidine rings is 1. The number of carbonyl (C=O) groups excluding carboxylic acids is 1. The molecule has 1 aliphatic heterocycles. The van der Waals surface area contributed by atoms with Crippen molar-refractivity contribution in [3.05, 3.63) is 35.4 Å². The summed E-state index contributed by atoms with van der Waals surface area (Å²) < 4.78 is 0. The third kappa shape index (κ3) is 2.89. The van der Waals surface area contributed by atoms with Crippen LogP contribution >= 0.6 is 0 Å². The van der Waals surface area contributed by atoms with Crippen molar-refractivity contribution in [1.82, 2.24) is 10.6 Å². The van der Waals surface area contributed by atoms with Gasteiger partial charge >= 0.3 is 0 Å². The van der Waals surface area contributed by atoms with E-state index in [1.807, 2.05) is 0 Å². The lowest BCUT2D eigenvalue weighted by Gasteiger charge is -2.54. The van der Waals surface area contributed by atoms with Crippen molar-refractivity contribution in [2.75, 3.05) is 13.1 Å². The molecule has 1 amide bonds. The molecule has 4 bridgehead atoms. The van der Waals surface area contributed by atoms with Gasteiger partial charge in [-0.05, 0) is 92.3 Å². The number of benzene rings is 1. The van der Waals surface area contributed by atoms with Gasteiger partial charge in [-0.25, -0.2) is 0 Å². The van der Waals surface area contributed by atoms with Crippen molar-refractivity contribution in [2.24, 2.45) is 11.3 Å². The van der Waals surface area contributed by atoms with Gasteiger partial charge in [-0.2, -0.15) is 0 Å². The summed E-state index contributed by atoms with van der Waals surface area (Å²) in [6.45, 7) is 4.62. The van der Waals surface area contributed by atoms with E-state index in [2.05, 4.69) is 41.8 Å². The van der Waals surface area contributed by atoms with Crippen LogP contribution in [-0.4, -0.2) is 24.5 Å². The second kappa shape index (κ2) is 6.09. The molecule has 0 aromatic heterocycles. The second-order valence-corrected chi connectivity index (χ2v) is 10.1. The zero-order chi connectivity index (χ0) is 17.8. The number of amides is 1. The lowest BCUT2D eigenvalue weighted by molar-refractivity contribution is -0.126. The Morgan fingerprint density at radius 2 is 1.69 bits per heavy atom. The first-order valence-electron chi connectivity index (χ1n) is 10.6. The Bertz CT molecular complexity index is 671. The SMILES string of the molecule is CC12CC3CC(NC(=O)CC4CCNCC4)(CC(C1)c1ccccc13)C2. The van der Waals surface area contributed by atoms with E-state index in [-0.39, 0.29) is 5.54 Å². The zero-order valence-corrected chi connectivity index (χ0v) is 16.0. The van der Waals surface area contributed by atoms with Crippen molar-refractivity contribution in [3.8, 4) is 0 Å². The van der Waals surface area contributed by atoms with Crippen molar-refractivity contribution < 1.29 is 4.79 Å². The van der Waals surface area contributed by atoms with E-state index in [0.29, 0.717) is 29.1 Å². The summed E-state index contributed by atoms with van der Waals surface area (Å²) in [6, 6.07) is 9.12. The van der Waals surface area contributed by atoms with E-state index >= 15 is 0 Å². The van der Waals surface area contributed by atoms with Crippen LogP contribution in [0.4, 0.5) is 0 Å². The Hall–Kier alpha value is -1.35. The highest BCUT2D eigenvalue weighted by molar-refractivity contribution is 5.77. The van der Waals surface area contributed by atoms with E-state index in [1.54, 1.807) is 11.1 Å². The Labute approximate surface area is 157 Å². The van der Waals surface area contributed by atoms with Gasteiger partial charge in [-0.1, -0.05) is 31.2 Å². The van der Waals surface area contributed by atoms with Crippen molar-refractivity contribution in [2.45, 2.75) is 75.7 Å². The maximum atomic E-state index is 13.0. The van der Waals surface area contributed by atoms with Crippen LogP contribution in [0.1, 0.15) is 81.3 Å². The van der Waals surface area contributed by atoms with Crippen molar-refractivity contribution in [3.63, 3.8) is 0 Å². The average Bonchev–Trinajstić information content (AvgIpc) is 2.74. The van der Waals surface area contributed by atoms with Crippen molar-refractivity contribution >= 4 is 5.91 Å². The molecule has 2 N–H and O–H groups in total. The molecular formula is C23H32N2O. The Morgan fingerprint density at radius 1 is 1.08 bits per heavy atom. The molecule has 2 atom stereocenters. The topological polar surface area (TPSA) is 41.1 Å². The predicted octanol–water partition coefficient (Wildman–Crippen LogP) is 4.10. The van der Waals surface area contributed by atoms with E-state index in [1.165, 1.54) is 19.3 Å². The fourth-order valence-corrected chi connectivity index (χ4v) is 7.09. The molecule has 140 valence electrons. The van der Waals surface area contributed by atoms with Gasteiger partial charge in [0.05, 0.1) is 0 Å². The van der Waals surface area contributed by atoms with Crippen molar-refractivity contribution in [1.29, 1.82) is 0 Å². The average molecular weight is 353 g/mol. The van der Waals surface area contributed by atoms with E-state index in [9.17, 15) is 4.79 Å². The molecule has 3 heteroatoms. The van der Waals surface area contributed by atoms with Gasteiger partial charge in [0.2, 0.25) is 5.91 Å². The minimum Gasteiger partial charge on any atom is -0.351 e. The fraction of sp³-hybridized carbons (Fsp3) is 0.696. The molecule has 1 aromatic rings. The minimum atomic E-state index is 0.0314. The first-order chi connectivity index (χ1) is 12.5. The molecule has 3 fully saturated rings. The second-order valence-electron chi connectivity index (χ2n) is 10.1. The van der Waals surface area contributed by atoms with Crippen LogP contribution in [-0.2, 0) is 4.79 Å². The van der Waals surface area contributed by atoms with Gasteiger partial charge < -0.3 is 10.6 Å². The van der Waals surface area contributed by atoms with Gasteiger partial charge in [0.1, 0.15) is 0 Å². The van der Waals surface area contributed by atoms with E-state index < -0.39 is 0 Å². The van der Waals surface area contributed by atoms with Gasteiger partial charge in [0.25, 0.3) is 0 Å². The molecule has 0 spiro atoms. The molecule has 3 nitrogen and oxygen atoms in total. The number of carbonyl (C=O) groups is 1. The fourth-order valence-electron chi connectivity index (χ4n) is 7.09. The molecule has 4 aliphatic carbocycles. The van der Waals surface area contributed by atoms with Crippen LogP contribution in [0.3, 0.4) is 0 Å². The predicted molar refractivity (Wildman–Crippen MR) is 104 cm³/mol. The third-order valence-corrected chi connectivity index (χ3v) is 7.73. The molecule has 1 saturated heterocycles. The quantitative estimate of drug-likeness (QED) is 0.860. The summed E-state index contributed by atoms with van der Waals surface area (Å²) in [5, 5.41) is 7.02. The highest BCUT2D eigenvalue weighted by atomic mass is 16.1. The summed E-state index contributed by atoms with van der Waals surface area (Å²) in [4.78, 5) is 13.0. The molecule has 26 heavy (non-hydrogen) atoms. The highest BCUT2D eigenvalue weighted by Crippen LogP contribution is 2.62. The molecule has 5 aliphatic rings. The van der Waals surface area contributed by atoms with E-state index in [0.717, 1.165) is 45.2 Å². The largest absolute Gasteiger partial charge is 0.351 e. The molecule has 0 radical (unpaired) electrons. The first kappa shape index (κ1) is 16.8. The first-order valence-corrected chi connectivity index (χ1v) is 10.6. The molecule has 6 rings (SSSR count). The Balaban J connectivity index is 1.39. The summed E-state index contributed by atoms with van der Waals surface area (Å²) >= 11 is 0. The number of nitrogens with one attached hydrogen (secondary N) is 2. The normalized spacial score (nSPS) is 38.7. The monoisotopic (exact) mass is 352 g/mol. The zero-order valence-electron chi connectivity index (χ0n) is 16.0. The standard InChI is InChI=1S/C23H32N2O/c1-22-11-17-13-23(15-22,25-21(26)10-16-6-8-24-9-7-16)14-18(12-22)20-5-3-2-4-19(17)20/h2-5,16-18,24H,6-15H2,1H3,(H,25,26). The van der Waals surface area contributed by atoms with Gasteiger partial charge in [-0.3, -0.25) is 4.79 Å². The lowest BCUT2D eigenvalue weighted by Crippen LogP contribution is -2.57. The molecule has 2 unspecified atom stereocenters. The smallest absolute Gasteiger partial charge is 0.220 e. The Morgan fingerprint density at radius 3 is 2.31 bits per heavy atom. The molecule has 1 aromatic carbocycles. The van der Waals surface area contributed by atoms with Gasteiger partial charge in [0, 0.05) is 12.0 Å². The molecule has 2 saturated carbocycles. The van der Waals surface area contributed by atoms with Crippen LogP contribution in [0.15, 0.2) is 24.3 Å². The molecular weight excluding hydrogens is 320 g/mol. The summed E-state index contributed by atoms with van der Waals surface area (Å²) in [6.07, 6.45) is 9.09. The molecule has 1 heterocycles. The van der Waals surface area contributed by atoms with Gasteiger partial charge in [0.15, 0.2) is 0 Å². The van der Waals surface area contributed by atoms with Crippen LogP contribution < -0.4 is 10.6 Å². The van der Waals surface area contributed by atoms with Crippen LogP contribution in [0.2, 0.25) is 0 Å². The lowest BCUT2D eigenvalue weighted by atomic mass is 9.55. The maximum Gasteiger partial charge on any atom is 0.220 e. The summed E-state index contributed by atoms with van der Waals surface area (Å²) in [7, 11) is 0.